The average Bonchev–Trinajstić information content (AvgIpc) is 3.85. The number of sulfonamides is 1. The summed E-state index contributed by atoms with van der Waals surface area (Å²) in [6, 6.07) is -0.00943. The van der Waals surface area contributed by atoms with Crippen molar-refractivity contribution in [2.45, 2.75) is 71.3 Å². The molecule has 3 aromatic rings. The Balaban J connectivity index is 1.31. The third kappa shape index (κ3) is 5.16. The third-order valence-electron chi connectivity index (χ3n) is 8.49. The molecule has 6 rings (SSSR count). The van der Waals surface area contributed by atoms with Crippen LogP contribution in [0.4, 0.5) is 5.82 Å². The molecule has 3 fully saturated rings. The van der Waals surface area contributed by atoms with E-state index in [1.165, 1.54) is 0 Å². The molecule has 0 amide bonds. The summed E-state index contributed by atoms with van der Waals surface area (Å²) >= 11 is 0. The summed E-state index contributed by atoms with van der Waals surface area (Å²) in [4.78, 5) is 37.0. The Bertz CT molecular complexity index is 1560. The van der Waals surface area contributed by atoms with Gasteiger partial charge in [-0.05, 0) is 71.1 Å². The summed E-state index contributed by atoms with van der Waals surface area (Å²) in [6.07, 6.45) is 9.19. The molecule has 1 saturated heterocycles. The minimum Gasteiger partial charge on any atom is -0.365 e. The fourth-order valence-corrected chi connectivity index (χ4v) is 6.79. The Labute approximate surface area is 228 Å². The van der Waals surface area contributed by atoms with Gasteiger partial charge in [0.15, 0.2) is 17.3 Å². The second-order valence-corrected chi connectivity index (χ2v) is 13.5. The van der Waals surface area contributed by atoms with E-state index in [4.69, 9.17) is 4.98 Å². The minimum absolute atomic E-state index is 0.00943. The molecule has 0 aromatic carbocycles. The van der Waals surface area contributed by atoms with Crippen LogP contribution < -0.4 is 10.9 Å². The van der Waals surface area contributed by atoms with E-state index in [9.17, 15) is 13.2 Å². The summed E-state index contributed by atoms with van der Waals surface area (Å²) in [6.45, 7) is 7.30. The van der Waals surface area contributed by atoms with Gasteiger partial charge in [0.2, 0.25) is 10.0 Å². The lowest BCUT2D eigenvalue weighted by molar-refractivity contribution is 0.282. The Hall–Kier alpha value is -2.99. The van der Waals surface area contributed by atoms with Crippen molar-refractivity contribution in [3.8, 4) is 11.4 Å². The van der Waals surface area contributed by atoms with Crippen molar-refractivity contribution >= 4 is 27.0 Å². The standard InChI is InChI=1S/C27H36N8O3S/c1-4-39(37,38)34-11-9-18(10-12-34)13-28-25-27(36)35(17(3)19-5-6-19)26-21(32-25)14-29-24(33-26)22-16(2)30-15-31-23(22)20-7-8-20/h14-15,17-20H,4-13H2,1-3H3,(H,28,32)/t17-/m0/s1. The zero-order valence-corrected chi connectivity index (χ0v) is 23.6. The zero-order valence-electron chi connectivity index (χ0n) is 22.8. The van der Waals surface area contributed by atoms with Crippen LogP contribution in [0.15, 0.2) is 17.3 Å². The van der Waals surface area contributed by atoms with Gasteiger partial charge in [-0.1, -0.05) is 0 Å². The van der Waals surface area contributed by atoms with Gasteiger partial charge in [-0.25, -0.2) is 37.6 Å². The van der Waals surface area contributed by atoms with Crippen LogP contribution in [0.3, 0.4) is 0 Å². The Morgan fingerprint density at radius 1 is 1.05 bits per heavy atom. The number of aromatic nitrogens is 6. The molecule has 0 spiro atoms. The lowest BCUT2D eigenvalue weighted by atomic mass is 9.98. The second-order valence-electron chi connectivity index (χ2n) is 11.2. The number of hydrogen-bond donors (Lipinski definition) is 1. The van der Waals surface area contributed by atoms with Gasteiger partial charge >= 0.3 is 0 Å². The maximum absolute atomic E-state index is 13.8. The Morgan fingerprint density at radius 2 is 1.79 bits per heavy atom. The summed E-state index contributed by atoms with van der Waals surface area (Å²) < 4.78 is 27.8. The van der Waals surface area contributed by atoms with Crippen LogP contribution in [0.1, 0.15) is 75.7 Å². The molecule has 39 heavy (non-hydrogen) atoms. The highest BCUT2D eigenvalue weighted by Crippen LogP contribution is 2.43. The Morgan fingerprint density at radius 3 is 2.46 bits per heavy atom. The van der Waals surface area contributed by atoms with E-state index in [1.807, 2.05) is 6.92 Å². The molecule has 1 atom stereocenters. The largest absolute Gasteiger partial charge is 0.365 e. The number of anilines is 1. The van der Waals surface area contributed by atoms with Crippen molar-refractivity contribution in [1.29, 1.82) is 0 Å². The fraction of sp³-hybridized carbons (Fsp3) is 0.630. The lowest BCUT2D eigenvalue weighted by Gasteiger charge is -2.31. The van der Waals surface area contributed by atoms with Gasteiger partial charge in [0.25, 0.3) is 5.56 Å². The number of aryl methyl sites for hydroxylation is 1. The predicted octanol–water partition coefficient (Wildman–Crippen LogP) is 3.27. The van der Waals surface area contributed by atoms with Crippen LogP contribution in [0.5, 0.6) is 0 Å². The zero-order chi connectivity index (χ0) is 27.3. The SMILES string of the molecule is CCS(=O)(=O)N1CCC(CNc2nc3cnc(-c4c(C)ncnc4C4CC4)nc3n([C@@H](C)C3CC3)c2=O)CC1. The van der Waals surface area contributed by atoms with E-state index in [0.29, 0.717) is 54.3 Å². The number of rotatable bonds is 9. The second kappa shape index (κ2) is 10.2. The first-order valence-electron chi connectivity index (χ1n) is 14.1. The van der Waals surface area contributed by atoms with Gasteiger partial charge in [-0.2, -0.15) is 0 Å². The quantitative estimate of drug-likeness (QED) is 0.424. The molecule has 3 aliphatic rings. The fourth-order valence-electron chi connectivity index (χ4n) is 5.65. The molecule has 4 heterocycles. The van der Waals surface area contributed by atoms with Crippen LogP contribution in [-0.4, -0.2) is 67.6 Å². The van der Waals surface area contributed by atoms with Crippen LogP contribution >= 0.6 is 0 Å². The highest BCUT2D eigenvalue weighted by atomic mass is 32.2. The van der Waals surface area contributed by atoms with Crippen LogP contribution in [0, 0.1) is 18.8 Å². The summed E-state index contributed by atoms with van der Waals surface area (Å²) in [7, 11) is -3.17. The first-order chi connectivity index (χ1) is 18.8. The smallest absolute Gasteiger partial charge is 0.295 e. The van der Waals surface area contributed by atoms with Crippen LogP contribution in [-0.2, 0) is 10.0 Å². The van der Waals surface area contributed by atoms with Crippen molar-refractivity contribution < 1.29 is 8.42 Å². The van der Waals surface area contributed by atoms with Gasteiger partial charge in [0.1, 0.15) is 11.8 Å². The van der Waals surface area contributed by atoms with E-state index in [0.717, 1.165) is 55.5 Å². The Kier molecular flexibility index (Phi) is 6.86. The van der Waals surface area contributed by atoms with Crippen LogP contribution in [0.25, 0.3) is 22.6 Å². The first kappa shape index (κ1) is 26.2. The highest BCUT2D eigenvalue weighted by molar-refractivity contribution is 7.89. The number of fused-ring (bicyclic) bond motifs is 1. The average molecular weight is 553 g/mol. The first-order valence-corrected chi connectivity index (χ1v) is 15.7. The van der Waals surface area contributed by atoms with E-state index < -0.39 is 10.0 Å². The molecular formula is C27H36N8O3S. The number of nitrogens with zero attached hydrogens (tertiary/aromatic N) is 7. The van der Waals surface area contributed by atoms with Gasteiger partial charge in [0.05, 0.1) is 28.9 Å². The molecule has 2 saturated carbocycles. The lowest BCUT2D eigenvalue weighted by Crippen LogP contribution is -2.41. The van der Waals surface area contributed by atoms with E-state index >= 15 is 0 Å². The summed E-state index contributed by atoms with van der Waals surface area (Å²) in [5, 5.41) is 3.30. The van der Waals surface area contributed by atoms with Crippen molar-refractivity contribution in [2.75, 3.05) is 30.7 Å². The molecule has 2 aliphatic carbocycles. The molecule has 0 radical (unpaired) electrons. The van der Waals surface area contributed by atoms with Gasteiger partial charge in [0, 0.05) is 31.6 Å². The van der Waals surface area contributed by atoms with Gasteiger partial charge in [-0.3, -0.25) is 9.36 Å². The normalized spacial score (nSPS) is 19.9. The molecule has 0 bridgehead atoms. The van der Waals surface area contributed by atoms with E-state index in [1.54, 1.807) is 28.3 Å². The van der Waals surface area contributed by atoms with Crippen molar-refractivity contribution in [2.24, 2.45) is 11.8 Å². The van der Waals surface area contributed by atoms with Gasteiger partial charge < -0.3 is 5.32 Å². The molecule has 12 heteroatoms. The number of nitrogens with one attached hydrogen (secondary N) is 1. The molecule has 0 unspecified atom stereocenters. The maximum Gasteiger partial charge on any atom is 0.295 e. The molecular weight excluding hydrogens is 516 g/mol. The van der Waals surface area contributed by atoms with E-state index in [-0.39, 0.29) is 23.3 Å². The molecule has 208 valence electrons. The third-order valence-corrected chi connectivity index (χ3v) is 10.4. The van der Waals surface area contributed by atoms with E-state index in [2.05, 4.69) is 32.2 Å². The highest BCUT2D eigenvalue weighted by Gasteiger charge is 2.33. The summed E-state index contributed by atoms with van der Waals surface area (Å²) in [5.74, 6) is 2.07. The molecule has 11 nitrogen and oxygen atoms in total. The maximum atomic E-state index is 13.8. The number of hydrogen-bond acceptors (Lipinski definition) is 9. The topological polar surface area (TPSA) is 136 Å². The number of piperidine rings is 1. The predicted molar refractivity (Wildman–Crippen MR) is 149 cm³/mol. The van der Waals surface area contributed by atoms with Crippen molar-refractivity contribution in [1.82, 2.24) is 33.8 Å². The van der Waals surface area contributed by atoms with Crippen molar-refractivity contribution in [3.63, 3.8) is 0 Å². The van der Waals surface area contributed by atoms with Gasteiger partial charge in [-0.15, -0.1) is 0 Å². The molecule has 3 aromatic heterocycles. The molecule has 1 aliphatic heterocycles. The summed E-state index contributed by atoms with van der Waals surface area (Å²) in [5.41, 5.74) is 3.60. The monoisotopic (exact) mass is 552 g/mol. The van der Waals surface area contributed by atoms with Crippen LogP contribution in [0.2, 0.25) is 0 Å². The van der Waals surface area contributed by atoms with Crippen molar-refractivity contribution in [3.05, 3.63) is 34.3 Å². The molecule has 1 N–H and O–H groups in total. The minimum atomic E-state index is -3.17.